The minimum absolute atomic E-state index is 0.0824. The first-order valence-corrected chi connectivity index (χ1v) is 7.07. The van der Waals surface area contributed by atoms with Crippen LogP contribution in [-0.2, 0) is 0 Å². The van der Waals surface area contributed by atoms with Gasteiger partial charge in [-0.2, -0.15) is 0 Å². The summed E-state index contributed by atoms with van der Waals surface area (Å²) in [6.45, 7) is 2.24. The monoisotopic (exact) mass is 290 g/mol. The lowest BCUT2D eigenvalue weighted by atomic mass is 10.1. The maximum absolute atomic E-state index is 11.0. The SMILES string of the molecule is CC(CCBr)CCSc1nccc(=O)[nH]1. The number of nitrogens with zero attached hydrogens (tertiary/aromatic N) is 1. The standard InChI is InChI=1S/C10H15BrN2OS/c1-8(2-5-11)4-7-15-10-12-6-3-9(14)13-10/h3,6,8H,2,4-5,7H2,1H3,(H,12,13,14). The molecule has 3 nitrogen and oxygen atoms in total. The Morgan fingerprint density at radius 2 is 2.40 bits per heavy atom. The van der Waals surface area contributed by atoms with E-state index in [-0.39, 0.29) is 5.56 Å². The predicted octanol–water partition coefficient (Wildman–Crippen LogP) is 2.67. The fraction of sp³-hybridized carbons (Fsp3) is 0.600. The first kappa shape index (κ1) is 12.8. The molecule has 0 spiro atoms. The predicted molar refractivity (Wildman–Crippen MR) is 67.8 cm³/mol. The van der Waals surface area contributed by atoms with Crippen LogP contribution in [0.1, 0.15) is 19.8 Å². The molecule has 0 saturated heterocycles. The molecule has 0 aliphatic heterocycles. The molecule has 1 atom stereocenters. The molecule has 0 radical (unpaired) electrons. The van der Waals surface area contributed by atoms with E-state index in [0.29, 0.717) is 11.1 Å². The van der Waals surface area contributed by atoms with Crippen LogP contribution in [0, 0.1) is 5.92 Å². The van der Waals surface area contributed by atoms with Gasteiger partial charge in [0.05, 0.1) is 0 Å². The second kappa shape index (κ2) is 7.06. The highest BCUT2D eigenvalue weighted by Crippen LogP contribution is 2.17. The molecule has 1 rings (SSSR count). The minimum atomic E-state index is -0.0824. The molecule has 0 aliphatic rings. The second-order valence-corrected chi connectivity index (χ2v) is 5.34. The summed E-state index contributed by atoms with van der Waals surface area (Å²) in [4.78, 5) is 17.8. The Labute approximate surface area is 102 Å². The number of aromatic nitrogens is 2. The topological polar surface area (TPSA) is 45.8 Å². The van der Waals surface area contributed by atoms with E-state index in [2.05, 4.69) is 32.8 Å². The van der Waals surface area contributed by atoms with Gasteiger partial charge in [0.2, 0.25) is 0 Å². The van der Waals surface area contributed by atoms with E-state index in [0.717, 1.165) is 17.5 Å². The lowest BCUT2D eigenvalue weighted by molar-refractivity contribution is 0.555. The molecule has 0 bridgehead atoms. The Balaban J connectivity index is 2.28. The van der Waals surface area contributed by atoms with Gasteiger partial charge < -0.3 is 4.98 Å². The Morgan fingerprint density at radius 3 is 3.07 bits per heavy atom. The van der Waals surface area contributed by atoms with Gasteiger partial charge >= 0.3 is 0 Å². The summed E-state index contributed by atoms with van der Waals surface area (Å²) in [5.41, 5.74) is -0.0824. The van der Waals surface area contributed by atoms with Crippen LogP contribution in [0.25, 0.3) is 0 Å². The summed E-state index contributed by atoms with van der Waals surface area (Å²) in [5, 5.41) is 1.77. The summed E-state index contributed by atoms with van der Waals surface area (Å²) < 4.78 is 0. The van der Waals surface area contributed by atoms with E-state index in [1.54, 1.807) is 18.0 Å². The van der Waals surface area contributed by atoms with Crippen molar-refractivity contribution in [1.82, 2.24) is 9.97 Å². The first-order valence-electron chi connectivity index (χ1n) is 4.96. The van der Waals surface area contributed by atoms with Crippen LogP contribution >= 0.6 is 27.7 Å². The molecular formula is C10H15BrN2OS. The summed E-state index contributed by atoms with van der Waals surface area (Å²) in [6, 6.07) is 1.43. The lowest BCUT2D eigenvalue weighted by Gasteiger charge is -2.07. The number of nitrogens with one attached hydrogen (secondary N) is 1. The Kier molecular flexibility index (Phi) is 6.02. The number of hydrogen-bond acceptors (Lipinski definition) is 3. The van der Waals surface area contributed by atoms with Crippen LogP contribution < -0.4 is 5.56 Å². The number of thioether (sulfide) groups is 1. The van der Waals surface area contributed by atoms with Crippen LogP contribution in [0.3, 0.4) is 0 Å². The van der Waals surface area contributed by atoms with E-state index >= 15 is 0 Å². The van der Waals surface area contributed by atoms with Gasteiger partial charge in [0.15, 0.2) is 5.16 Å². The molecular weight excluding hydrogens is 276 g/mol. The average Bonchev–Trinajstić information content (AvgIpc) is 2.18. The van der Waals surface area contributed by atoms with E-state index in [1.807, 2.05) is 0 Å². The Bertz CT molecular complexity index is 342. The molecule has 0 aliphatic carbocycles. The highest BCUT2D eigenvalue weighted by atomic mass is 79.9. The number of alkyl halides is 1. The van der Waals surface area contributed by atoms with Crippen molar-refractivity contribution in [3.8, 4) is 0 Å². The van der Waals surface area contributed by atoms with Crippen molar-refractivity contribution in [2.24, 2.45) is 5.92 Å². The molecule has 1 unspecified atom stereocenters. The van der Waals surface area contributed by atoms with Gasteiger partial charge in [-0.25, -0.2) is 4.98 Å². The van der Waals surface area contributed by atoms with Crippen molar-refractivity contribution >= 4 is 27.7 Å². The molecule has 84 valence electrons. The Morgan fingerprint density at radius 1 is 1.60 bits per heavy atom. The van der Waals surface area contributed by atoms with Crippen LogP contribution in [-0.4, -0.2) is 21.1 Å². The second-order valence-electron chi connectivity index (χ2n) is 3.46. The molecule has 0 aromatic carbocycles. The fourth-order valence-corrected chi connectivity index (χ4v) is 2.92. The van der Waals surface area contributed by atoms with Gasteiger partial charge in [-0.05, 0) is 18.8 Å². The molecule has 0 fully saturated rings. The van der Waals surface area contributed by atoms with Gasteiger partial charge in [-0.3, -0.25) is 4.79 Å². The van der Waals surface area contributed by atoms with Crippen LogP contribution in [0.5, 0.6) is 0 Å². The van der Waals surface area contributed by atoms with Gasteiger partial charge in [0.25, 0.3) is 5.56 Å². The zero-order chi connectivity index (χ0) is 11.1. The van der Waals surface area contributed by atoms with Crippen molar-refractivity contribution in [2.45, 2.75) is 24.9 Å². The molecule has 0 saturated carbocycles. The van der Waals surface area contributed by atoms with E-state index in [4.69, 9.17) is 0 Å². The molecule has 0 amide bonds. The highest BCUT2D eigenvalue weighted by molar-refractivity contribution is 9.09. The van der Waals surface area contributed by atoms with Crippen molar-refractivity contribution in [3.63, 3.8) is 0 Å². The average molecular weight is 291 g/mol. The van der Waals surface area contributed by atoms with E-state index in [1.165, 1.54) is 12.5 Å². The first-order chi connectivity index (χ1) is 7.22. The van der Waals surface area contributed by atoms with Crippen molar-refractivity contribution in [3.05, 3.63) is 22.6 Å². The van der Waals surface area contributed by atoms with E-state index in [9.17, 15) is 4.79 Å². The molecule has 1 N–H and O–H groups in total. The van der Waals surface area contributed by atoms with Crippen LogP contribution in [0.4, 0.5) is 0 Å². The van der Waals surface area contributed by atoms with Gasteiger partial charge in [-0.1, -0.05) is 34.6 Å². The van der Waals surface area contributed by atoms with Crippen LogP contribution in [0.2, 0.25) is 0 Å². The smallest absolute Gasteiger partial charge is 0.251 e. The van der Waals surface area contributed by atoms with Crippen LogP contribution in [0.15, 0.2) is 22.2 Å². The Hall–Kier alpha value is -0.290. The van der Waals surface area contributed by atoms with Crippen molar-refractivity contribution in [2.75, 3.05) is 11.1 Å². The fourth-order valence-electron chi connectivity index (χ4n) is 1.11. The lowest BCUT2D eigenvalue weighted by Crippen LogP contribution is -2.06. The van der Waals surface area contributed by atoms with Crippen molar-refractivity contribution in [1.29, 1.82) is 0 Å². The number of rotatable bonds is 6. The highest BCUT2D eigenvalue weighted by Gasteiger charge is 2.02. The van der Waals surface area contributed by atoms with E-state index < -0.39 is 0 Å². The largest absolute Gasteiger partial charge is 0.301 e. The minimum Gasteiger partial charge on any atom is -0.301 e. The summed E-state index contributed by atoms with van der Waals surface area (Å²) in [6.07, 6.45) is 3.89. The van der Waals surface area contributed by atoms with Gasteiger partial charge in [-0.15, -0.1) is 0 Å². The zero-order valence-electron chi connectivity index (χ0n) is 8.70. The summed E-state index contributed by atoms with van der Waals surface area (Å²) >= 11 is 5.04. The third-order valence-corrected chi connectivity index (χ3v) is 3.48. The number of H-pyrrole nitrogens is 1. The molecule has 15 heavy (non-hydrogen) atoms. The molecule has 1 aromatic heterocycles. The molecule has 5 heteroatoms. The maximum Gasteiger partial charge on any atom is 0.251 e. The number of halogens is 1. The van der Waals surface area contributed by atoms with Crippen molar-refractivity contribution < 1.29 is 0 Å². The number of aromatic amines is 1. The number of hydrogen-bond donors (Lipinski definition) is 1. The van der Waals surface area contributed by atoms with Gasteiger partial charge in [0.1, 0.15) is 0 Å². The quantitative estimate of drug-likeness (QED) is 0.498. The summed E-state index contributed by atoms with van der Waals surface area (Å²) in [7, 11) is 0. The zero-order valence-corrected chi connectivity index (χ0v) is 11.1. The molecule has 1 heterocycles. The normalized spacial score (nSPS) is 12.7. The van der Waals surface area contributed by atoms with Gasteiger partial charge in [0, 0.05) is 23.3 Å². The third kappa shape index (κ3) is 5.37. The molecule has 1 aromatic rings. The summed E-state index contributed by atoms with van der Waals surface area (Å²) in [5.74, 6) is 1.72. The maximum atomic E-state index is 11.0. The third-order valence-electron chi connectivity index (χ3n) is 2.10.